The summed E-state index contributed by atoms with van der Waals surface area (Å²) in [5.74, 6) is -1.85. The normalized spacial score (nSPS) is 14.4. The van der Waals surface area contributed by atoms with E-state index in [0.29, 0.717) is 27.7 Å². The fraction of sp³-hybridized carbons (Fsp3) is 0.182. The molecule has 0 unspecified atom stereocenters. The van der Waals surface area contributed by atoms with Crippen LogP contribution in [0.3, 0.4) is 0 Å². The molecule has 1 aliphatic rings. The van der Waals surface area contributed by atoms with Crippen molar-refractivity contribution in [2.45, 2.75) is 6.42 Å². The summed E-state index contributed by atoms with van der Waals surface area (Å²) in [6.07, 6.45) is 1.40. The zero-order valence-electron chi connectivity index (χ0n) is 17.7. The maximum absolute atomic E-state index is 13.2. The van der Waals surface area contributed by atoms with Crippen LogP contribution in [0.5, 0.6) is 11.5 Å². The fourth-order valence-electron chi connectivity index (χ4n) is 2.86. The van der Waals surface area contributed by atoms with Gasteiger partial charge in [-0.3, -0.25) is 19.3 Å². The van der Waals surface area contributed by atoms with E-state index in [4.69, 9.17) is 38.4 Å². The van der Waals surface area contributed by atoms with E-state index in [1.807, 2.05) is 0 Å². The van der Waals surface area contributed by atoms with Crippen molar-refractivity contribution in [2.75, 3.05) is 25.6 Å². The number of amides is 2. The molecule has 1 fully saturated rings. The monoisotopic (exact) mass is 524 g/mol. The molecule has 12 heteroatoms. The lowest BCUT2D eigenvalue weighted by molar-refractivity contribution is -0.137. The lowest BCUT2D eigenvalue weighted by Gasteiger charge is -2.12. The second-order valence-corrected chi connectivity index (χ2v) is 8.94. The van der Waals surface area contributed by atoms with Gasteiger partial charge in [0.2, 0.25) is 0 Å². The maximum Gasteiger partial charge on any atom is 0.305 e. The highest BCUT2D eigenvalue weighted by atomic mass is 35.5. The van der Waals surface area contributed by atoms with Crippen molar-refractivity contribution >= 4 is 69.4 Å². The van der Waals surface area contributed by atoms with Crippen LogP contribution >= 0.6 is 35.6 Å². The molecule has 0 aromatic heterocycles. The Labute approximate surface area is 208 Å². The number of hydrogen-bond acceptors (Lipinski definition) is 7. The number of anilines is 1. The largest absolute Gasteiger partial charge is 0.493 e. The Hall–Kier alpha value is -3.15. The molecule has 2 aromatic carbocycles. The van der Waals surface area contributed by atoms with Crippen molar-refractivity contribution in [1.29, 1.82) is 0 Å². The smallest absolute Gasteiger partial charge is 0.305 e. The van der Waals surface area contributed by atoms with Crippen molar-refractivity contribution in [1.82, 2.24) is 4.90 Å². The minimum atomic E-state index is -1.02. The summed E-state index contributed by atoms with van der Waals surface area (Å²) in [6.45, 7) is -0.341. The first kappa shape index (κ1) is 25.5. The summed E-state index contributed by atoms with van der Waals surface area (Å²) in [6, 6.07) is 8.67. The fourth-order valence-corrected chi connectivity index (χ4v) is 4.35. The second-order valence-electron chi connectivity index (χ2n) is 6.85. The summed E-state index contributed by atoms with van der Waals surface area (Å²) < 4.78 is 24.4. The lowest BCUT2D eigenvalue weighted by atomic mass is 10.2. The van der Waals surface area contributed by atoms with Crippen molar-refractivity contribution in [2.24, 2.45) is 0 Å². The summed E-state index contributed by atoms with van der Waals surface area (Å²) >= 11 is 12.0. The Morgan fingerprint density at radius 1 is 1.26 bits per heavy atom. The first-order valence-electron chi connectivity index (χ1n) is 9.71. The molecule has 0 radical (unpaired) electrons. The second kappa shape index (κ2) is 11.3. The van der Waals surface area contributed by atoms with Crippen LogP contribution in [0.15, 0.2) is 41.3 Å². The van der Waals surface area contributed by atoms with Crippen LogP contribution in [-0.2, 0) is 14.4 Å². The molecule has 0 bridgehead atoms. The number of aliphatic carboxylic acids is 1. The minimum Gasteiger partial charge on any atom is -0.493 e. The van der Waals surface area contributed by atoms with Crippen LogP contribution < -0.4 is 14.8 Å². The van der Waals surface area contributed by atoms with E-state index in [-0.39, 0.29) is 34.8 Å². The van der Waals surface area contributed by atoms with Gasteiger partial charge in [0.1, 0.15) is 10.1 Å². The van der Waals surface area contributed by atoms with Gasteiger partial charge in [0, 0.05) is 12.2 Å². The summed E-state index contributed by atoms with van der Waals surface area (Å²) in [4.78, 5) is 37.1. The number of halogens is 2. The molecule has 0 atom stereocenters. The van der Waals surface area contributed by atoms with Crippen LogP contribution in [0.2, 0.25) is 5.02 Å². The molecule has 2 N–H and O–H groups in total. The van der Waals surface area contributed by atoms with Crippen molar-refractivity contribution in [3.8, 4) is 11.5 Å². The van der Waals surface area contributed by atoms with Gasteiger partial charge in [-0.1, -0.05) is 41.6 Å². The van der Waals surface area contributed by atoms with Crippen LogP contribution in [0.4, 0.5) is 10.1 Å². The molecule has 0 aliphatic carbocycles. The van der Waals surface area contributed by atoms with Crippen LogP contribution in [0.1, 0.15) is 12.0 Å². The zero-order valence-corrected chi connectivity index (χ0v) is 20.1. The van der Waals surface area contributed by atoms with Gasteiger partial charge in [0.05, 0.1) is 23.5 Å². The number of thioether (sulfide) groups is 1. The average Bonchev–Trinajstić information content (AvgIpc) is 3.05. The van der Waals surface area contributed by atoms with E-state index in [0.717, 1.165) is 17.8 Å². The van der Waals surface area contributed by atoms with Gasteiger partial charge >= 0.3 is 5.97 Å². The molecule has 8 nitrogen and oxygen atoms in total. The van der Waals surface area contributed by atoms with E-state index in [2.05, 4.69) is 5.32 Å². The molecule has 34 heavy (non-hydrogen) atoms. The Morgan fingerprint density at radius 3 is 2.71 bits per heavy atom. The third-order valence-electron chi connectivity index (χ3n) is 4.47. The Kier molecular flexibility index (Phi) is 8.48. The van der Waals surface area contributed by atoms with Gasteiger partial charge in [0.15, 0.2) is 18.1 Å². The topological polar surface area (TPSA) is 105 Å². The van der Waals surface area contributed by atoms with Crippen LogP contribution in [-0.4, -0.2) is 52.4 Å². The van der Waals surface area contributed by atoms with Gasteiger partial charge in [0.25, 0.3) is 11.8 Å². The van der Waals surface area contributed by atoms with E-state index in [1.165, 1.54) is 24.1 Å². The van der Waals surface area contributed by atoms with Crippen molar-refractivity contribution in [3.63, 3.8) is 0 Å². The van der Waals surface area contributed by atoms with Crippen LogP contribution in [0.25, 0.3) is 6.08 Å². The number of benzene rings is 2. The van der Waals surface area contributed by atoms with Gasteiger partial charge in [-0.2, -0.15) is 0 Å². The Morgan fingerprint density at radius 2 is 2.03 bits per heavy atom. The van der Waals surface area contributed by atoms with E-state index >= 15 is 0 Å². The first-order valence-corrected chi connectivity index (χ1v) is 11.3. The number of carbonyl (C=O) groups excluding carboxylic acids is 2. The predicted molar refractivity (Wildman–Crippen MR) is 131 cm³/mol. The van der Waals surface area contributed by atoms with Gasteiger partial charge < -0.3 is 19.9 Å². The van der Waals surface area contributed by atoms with E-state index < -0.39 is 17.7 Å². The molecular formula is C22H18ClFN2O6S2. The Bertz CT molecular complexity index is 1190. The molecule has 0 saturated carbocycles. The number of nitrogens with one attached hydrogen (secondary N) is 1. The predicted octanol–water partition coefficient (Wildman–Crippen LogP) is 4.18. The number of methoxy groups -OCH3 is 1. The number of nitrogens with zero attached hydrogens (tertiary/aromatic N) is 1. The van der Waals surface area contributed by atoms with Gasteiger partial charge in [-0.25, -0.2) is 4.39 Å². The highest BCUT2D eigenvalue weighted by molar-refractivity contribution is 8.26. The number of carboxylic acid groups (broad SMARTS) is 1. The van der Waals surface area contributed by atoms with Crippen LogP contribution in [0, 0.1) is 5.82 Å². The first-order chi connectivity index (χ1) is 16.2. The third kappa shape index (κ3) is 6.46. The SMILES string of the molecule is COc1cc(/C=C2\SC(=S)N(CCC(=O)O)C2=O)ccc1OCC(=O)Nc1ccc(F)c(Cl)c1. The maximum atomic E-state index is 13.2. The Balaban J connectivity index is 1.65. The molecule has 3 rings (SSSR count). The van der Waals surface area contributed by atoms with Gasteiger partial charge in [-0.15, -0.1) is 0 Å². The quantitative estimate of drug-likeness (QED) is 0.372. The van der Waals surface area contributed by atoms with Crippen molar-refractivity contribution < 1.29 is 33.4 Å². The zero-order chi connectivity index (χ0) is 24.8. The number of carboxylic acids is 1. The minimum absolute atomic E-state index is 0.000367. The van der Waals surface area contributed by atoms with E-state index in [1.54, 1.807) is 24.3 Å². The third-order valence-corrected chi connectivity index (χ3v) is 6.14. The molecule has 0 spiro atoms. The summed E-state index contributed by atoms with van der Waals surface area (Å²) in [7, 11) is 1.43. The molecule has 178 valence electrons. The van der Waals surface area contributed by atoms with Gasteiger partial charge in [-0.05, 0) is 42.0 Å². The number of thiocarbonyl (C=S) groups is 1. The lowest BCUT2D eigenvalue weighted by Crippen LogP contribution is -2.30. The summed E-state index contributed by atoms with van der Waals surface area (Å²) in [5.41, 5.74) is 0.941. The summed E-state index contributed by atoms with van der Waals surface area (Å²) in [5, 5.41) is 11.3. The number of rotatable bonds is 9. The standard InChI is InChI=1S/C22H18ClFN2O6S2/c1-31-17-8-12(9-18-21(30)26(22(33)34-18)7-6-20(28)29)2-5-16(17)32-11-19(27)25-13-3-4-15(24)14(23)10-13/h2-5,8-10H,6-7,11H2,1H3,(H,25,27)(H,28,29)/b18-9-. The highest BCUT2D eigenvalue weighted by Gasteiger charge is 2.32. The number of carbonyl (C=O) groups is 3. The number of hydrogen-bond donors (Lipinski definition) is 2. The molecule has 2 aromatic rings. The molecule has 1 heterocycles. The number of ether oxygens (including phenoxy) is 2. The molecule has 2 amide bonds. The average molecular weight is 525 g/mol. The van der Waals surface area contributed by atoms with Crippen molar-refractivity contribution in [3.05, 3.63) is 57.7 Å². The van der Waals surface area contributed by atoms with E-state index in [9.17, 15) is 18.8 Å². The molecule has 1 aliphatic heterocycles. The highest BCUT2D eigenvalue weighted by Crippen LogP contribution is 2.35. The molecule has 1 saturated heterocycles. The molecular weight excluding hydrogens is 507 g/mol.